The van der Waals surface area contributed by atoms with Crippen LogP contribution in [0.15, 0.2) is 24.3 Å². The normalized spacial score (nSPS) is 13.9. The summed E-state index contributed by atoms with van der Waals surface area (Å²) in [4.78, 5) is 0. The molecule has 0 aromatic heterocycles. The van der Waals surface area contributed by atoms with E-state index in [-0.39, 0.29) is 11.6 Å². The van der Waals surface area contributed by atoms with Gasteiger partial charge in [0.25, 0.3) is 0 Å². The van der Waals surface area contributed by atoms with Gasteiger partial charge in [0.1, 0.15) is 15.7 Å². The number of rotatable bonds is 3. The van der Waals surface area contributed by atoms with Crippen molar-refractivity contribution in [1.29, 1.82) is 0 Å². The molecule has 0 amide bonds. The summed E-state index contributed by atoms with van der Waals surface area (Å²) in [7, 11) is -3.10. The van der Waals surface area contributed by atoms with Gasteiger partial charge in [-0.15, -0.1) is 0 Å². The molecule has 0 saturated carbocycles. The molecule has 0 fully saturated rings. The maximum absolute atomic E-state index is 12.5. The SMILES string of the molecule is CS(=O)(=O)C[C@H](N)c1ccc(F)cc1. The highest BCUT2D eigenvalue weighted by Crippen LogP contribution is 2.12. The Labute approximate surface area is 82.7 Å². The third kappa shape index (κ3) is 3.43. The predicted molar refractivity (Wildman–Crippen MR) is 53.0 cm³/mol. The molecule has 3 nitrogen and oxygen atoms in total. The van der Waals surface area contributed by atoms with Crippen molar-refractivity contribution >= 4 is 9.84 Å². The fourth-order valence-corrected chi connectivity index (χ4v) is 1.98. The molecule has 0 spiro atoms. The van der Waals surface area contributed by atoms with Crippen LogP contribution in [0, 0.1) is 5.82 Å². The molecule has 1 rings (SSSR count). The zero-order chi connectivity index (χ0) is 10.8. The molecular formula is C9H12FNO2S. The number of sulfone groups is 1. The quantitative estimate of drug-likeness (QED) is 0.817. The first-order valence-electron chi connectivity index (χ1n) is 4.07. The molecule has 5 heteroatoms. The van der Waals surface area contributed by atoms with Crippen LogP contribution in [-0.4, -0.2) is 20.4 Å². The fourth-order valence-electron chi connectivity index (χ4n) is 1.13. The smallest absolute Gasteiger partial charge is 0.149 e. The molecule has 2 N–H and O–H groups in total. The van der Waals surface area contributed by atoms with Gasteiger partial charge in [0.2, 0.25) is 0 Å². The third-order valence-corrected chi connectivity index (χ3v) is 2.75. The van der Waals surface area contributed by atoms with E-state index in [1.54, 1.807) is 0 Å². The molecule has 0 aliphatic carbocycles. The van der Waals surface area contributed by atoms with E-state index in [1.807, 2.05) is 0 Å². The lowest BCUT2D eigenvalue weighted by atomic mass is 10.1. The van der Waals surface area contributed by atoms with E-state index in [4.69, 9.17) is 5.73 Å². The Bertz CT molecular complexity index is 399. The van der Waals surface area contributed by atoms with Crippen molar-refractivity contribution in [2.45, 2.75) is 6.04 Å². The standard InChI is InChI=1S/C9H12FNO2S/c1-14(12,13)6-9(11)7-2-4-8(10)5-3-7/h2-5,9H,6,11H2,1H3/t9-/m0/s1. The summed E-state index contributed by atoms with van der Waals surface area (Å²) in [6, 6.07) is 4.91. The molecule has 0 radical (unpaired) electrons. The molecule has 0 bridgehead atoms. The van der Waals surface area contributed by atoms with E-state index >= 15 is 0 Å². The minimum atomic E-state index is -3.10. The highest BCUT2D eigenvalue weighted by Gasteiger charge is 2.12. The van der Waals surface area contributed by atoms with Crippen molar-refractivity contribution in [2.75, 3.05) is 12.0 Å². The Kier molecular flexibility index (Phi) is 3.23. The summed E-state index contributed by atoms with van der Waals surface area (Å²) in [5.74, 6) is -0.487. The second-order valence-electron chi connectivity index (χ2n) is 3.25. The number of benzene rings is 1. The lowest BCUT2D eigenvalue weighted by Gasteiger charge is -2.09. The van der Waals surface area contributed by atoms with Crippen molar-refractivity contribution in [2.24, 2.45) is 5.73 Å². The Morgan fingerprint density at radius 3 is 2.29 bits per heavy atom. The minimum Gasteiger partial charge on any atom is -0.323 e. The first-order chi connectivity index (χ1) is 6.38. The minimum absolute atomic E-state index is 0.126. The van der Waals surface area contributed by atoms with Gasteiger partial charge in [-0.05, 0) is 17.7 Å². The van der Waals surface area contributed by atoms with Gasteiger partial charge in [-0.1, -0.05) is 12.1 Å². The van der Waals surface area contributed by atoms with E-state index in [1.165, 1.54) is 24.3 Å². The Balaban J connectivity index is 2.80. The van der Waals surface area contributed by atoms with Gasteiger partial charge in [-0.3, -0.25) is 0 Å². The first-order valence-corrected chi connectivity index (χ1v) is 6.13. The second kappa shape index (κ2) is 4.06. The molecule has 78 valence electrons. The highest BCUT2D eigenvalue weighted by atomic mass is 32.2. The average Bonchev–Trinajstić information content (AvgIpc) is 2.02. The topological polar surface area (TPSA) is 60.2 Å². The molecule has 1 aromatic rings. The van der Waals surface area contributed by atoms with Crippen molar-refractivity contribution < 1.29 is 12.8 Å². The predicted octanol–water partition coefficient (Wildman–Crippen LogP) is 0.870. The Morgan fingerprint density at radius 1 is 1.36 bits per heavy atom. The summed E-state index contributed by atoms with van der Waals surface area (Å²) in [5, 5.41) is 0. The maximum atomic E-state index is 12.5. The van der Waals surface area contributed by atoms with Crippen LogP contribution >= 0.6 is 0 Å². The van der Waals surface area contributed by atoms with E-state index < -0.39 is 15.9 Å². The van der Waals surface area contributed by atoms with Crippen LogP contribution in [0.5, 0.6) is 0 Å². The second-order valence-corrected chi connectivity index (χ2v) is 5.44. The molecule has 1 atom stereocenters. The zero-order valence-corrected chi connectivity index (χ0v) is 8.59. The van der Waals surface area contributed by atoms with Crippen molar-refractivity contribution in [3.05, 3.63) is 35.6 Å². The van der Waals surface area contributed by atoms with Gasteiger partial charge in [-0.25, -0.2) is 12.8 Å². The number of halogens is 1. The van der Waals surface area contributed by atoms with Crippen molar-refractivity contribution in [3.8, 4) is 0 Å². The van der Waals surface area contributed by atoms with Crippen molar-refractivity contribution in [3.63, 3.8) is 0 Å². The summed E-state index contributed by atoms with van der Waals surface area (Å²) in [6.07, 6.45) is 1.12. The maximum Gasteiger partial charge on any atom is 0.149 e. The highest BCUT2D eigenvalue weighted by molar-refractivity contribution is 7.90. The summed E-state index contributed by atoms with van der Waals surface area (Å²) >= 11 is 0. The van der Waals surface area contributed by atoms with Crippen molar-refractivity contribution in [1.82, 2.24) is 0 Å². The number of hydrogen-bond acceptors (Lipinski definition) is 3. The van der Waals surface area contributed by atoms with Gasteiger partial charge >= 0.3 is 0 Å². The van der Waals surface area contributed by atoms with Crippen LogP contribution < -0.4 is 5.73 Å². The monoisotopic (exact) mass is 217 g/mol. The molecule has 0 unspecified atom stereocenters. The van der Waals surface area contributed by atoms with Gasteiger partial charge in [0.15, 0.2) is 0 Å². The summed E-state index contributed by atoms with van der Waals surface area (Å²) in [6.45, 7) is 0. The number of nitrogens with two attached hydrogens (primary N) is 1. The number of hydrogen-bond donors (Lipinski definition) is 1. The molecule has 0 saturated heterocycles. The van der Waals surface area contributed by atoms with Crippen LogP contribution in [0.3, 0.4) is 0 Å². The zero-order valence-electron chi connectivity index (χ0n) is 7.77. The average molecular weight is 217 g/mol. The van der Waals surface area contributed by atoms with Crippen LogP contribution in [0.4, 0.5) is 4.39 Å². The first kappa shape index (κ1) is 11.1. The summed E-state index contributed by atoms with van der Waals surface area (Å²) in [5.41, 5.74) is 6.25. The largest absolute Gasteiger partial charge is 0.323 e. The van der Waals surface area contributed by atoms with E-state index in [9.17, 15) is 12.8 Å². The third-order valence-electron chi connectivity index (χ3n) is 1.78. The van der Waals surface area contributed by atoms with Crippen LogP contribution in [0.1, 0.15) is 11.6 Å². The summed E-state index contributed by atoms with van der Waals surface area (Å²) < 4.78 is 34.4. The lowest BCUT2D eigenvalue weighted by Crippen LogP contribution is -2.20. The van der Waals surface area contributed by atoms with Gasteiger partial charge in [-0.2, -0.15) is 0 Å². The van der Waals surface area contributed by atoms with Gasteiger partial charge in [0, 0.05) is 12.3 Å². The van der Waals surface area contributed by atoms with E-state index in [0.717, 1.165) is 6.26 Å². The molecule has 14 heavy (non-hydrogen) atoms. The van der Waals surface area contributed by atoms with Crippen LogP contribution in [0.25, 0.3) is 0 Å². The lowest BCUT2D eigenvalue weighted by molar-refractivity contribution is 0.594. The molecule has 0 aliphatic rings. The Hall–Kier alpha value is -0.940. The molecular weight excluding hydrogens is 205 g/mol. The Morgan fingerprint density at radius 2 is 1.86 bits per heavy atom. The fraction of sp³-hybridized carbons (Fsp3) is 0.333. The van der Waals surface area contributed by atoms with E-state index in [2.05, 4.69) is 0 Å². The van der Waals surface area contributed by atoms with Gasteiger partial charge in [0.05, 0.1) is 5.75 Å². The van der Waals surface area contributed by atoms with Gasteiger partial charge < -0.3 is 5.73 Å². The van der Waals surface area contributed by atoms with Crippen LogP contribution in [-0.2, 0) is 9.84 Å². The van der Waals surface area contributed by atoms with E-state index in [0.29, 0.717) is 5.56 Å². The molecule has 0 heterocycles. The molecule has 1 aromatic carbocycles. The molecule has 0 aliphatic heterocycles. The van der Waals surface area contributed by atoms with Crippen LogP contribution in [0.2, 0.25) is 0 Å².